The van der Waals surface area contributed by atoms with E-state index in [-0.39, 0.29) is 19.3 Å². The molecule has 5 nitrogen and oxygen atoms in total. The first-order chi connectivity index (χ1) is 11.7. The lowest BCUT2D eigenvalue weighted by atomic mass is 10.1. The smallest absolute Gasteiger partial charge is 0.257 e. The van der Waals surface area contributed by atoms with Crippen molar-refractivity contribution in [3.63, 3.8) is 0 Å². The Morgan fingerprint density at radius 1 is 1.12 bits per heavy atom. The predicted octanol–water partition coefficient (Wildman–Crippen LogP) is 3.20. The summed E-state index contributed by atoms with van der Waals surface area (Å²) in [5.74, 6) is 2.05. The van der Waals surface area contributed by atoms with E-state index < -0.39 is 0 Å². The quantitative estimate of drug-likeness (QED) is 0.781. The van der Waals surface area contributed by atoms with E-state index in [2.05, 4.69) is 5.32 Å². The van der Waals surface area contributed by atoms with Crippen molar-refractivity contribution >= 4 is 17.5 Å². The third kappa shape index (κ3) is 4.55. The topological polar surface area (TPSA) is 56.8 Å². The number of carbonyl (C=O) groups excluding carboxylic acids is 1. The Morgan fingerprint density at radius 2 is 1.92 bits per heavy atom. The summed E-state index contributed by atoms with van der Waals surface area (Å²) in [6.45, 7) is 0.866. The molecule has 1 aliphatic heterocycles. The van der Waals surface area contributed by atoms with E-state index in [4.69, 9.17) is 25.8 Å². The van der Waals surface area contributed by atoms with Gasteiger partial charge in [-0.1, -0.05) is 17.7 Å². The van der Waals surface area contributed by atoms with Gasteiger partial charge in [0.15, 0.2) is 18.1 Å². The average molecular weight is 348 g/mol. The Labute approximate surface area is 145 Å². The first-order valence-electron chi connectivity index (χ1n) is 7.74. The Morgan fingerprint density at radius 3 is 2.75 bits per heavy atom. The maximum atomic E-state index is 11.7. The van der Waals surface area contributed by atoms with E-state index in [0.717, 1.165) is 29.9 Å². The number of hydrogen-bond donors (Lipinski definition) is 1. The number of aryl methyl sites for hydroxylation is 1. The normalized spacial score (nSPS) is 12.0. The summed E-state index contributed by atoms with van der Waals surface area (Å²) in [7, 11) is 0. The fourth-order valence-corrected chi connectivity index (χ4v) is 2.47. The fraction of sp³-hybridized carbons (Fsp3) is 0.278. The Kier molecular flexibility index (Phi) is 5.43. The van der Waals surface area contributed by atoms with Gasteiger partial charge in [0.1, 0.15) is 5.75 Å². The van der Waals surface area contributed by atoms with Gasteiger partial charge < -0.3 is 19.5 Å². The van der Waals surface area contributed by atoms with Crippen LogP contribution >= 0.6 is 11.6 Å². The molecule has 0 saturated heterocycles. The molecule has 0 fully saturated rings. The summed E-state index contributed by atoms with van der Waals surface area (Å²) in [6, 6.07) is 12.8. The first-order valence-corrected chi connectivity index (χ1v) is 8.12. The van der Waals surface area contributed by atoms with Crippen LogP contribution in [0.5, 0.6) is 17.2 Å². The lowest BCUT2D eigenvalue weighted by Gasteiger charge is -2.08. The Balaban J connectivity index is 1.34. The lowest BCUT2D eigenvalue weighted by Crippen LogP contribution is -2.29. The van der Waals surface area contributed by atoms with Gasteiger partial charge in [-0.3, -0.25) is 4.79 Å². The van der Waals surface area contributed by atoms with Crippen LogP contribution in [-0.2, 0) is 11.2 Å². The van der Waals surface area contributed by atoms with Gasteiger partial charge in [0, 0.05) is 11.6 Å². The van der Waals surface area contributed by atoms with Crippen molar-refractivity contribution in [2.45, 2.75) is 12.8 Å². The lowest BCUT2D eigenvalue weighted by molar-refractivity contribution is -0.123. The molecule has 0 aromatic heterocycles. The number of halogens is 1. The number of ether oxygens (including phenoxy) is 3. The zero-order valence-corrected chi connectivity index (χ0v) is 13.8. The van der Waals surface area contributed by atoms with Gasteiger partial charge in [0.05, 0.1) is 0 Å². The number of fused-ring (bicyclic) bond motifs is 1. The van der Waals surface area contributed by atoms with Gasteiger partial charge in [-0.25, -0.2) is 0 Å². The van der Waals surface area contributed by atoms with Crippen molar-refractivity contribution in [1.82, 2.24) is 5.32 Å². The number of rotatable bonds is 7. The monoisotopic (exact) mass is 347 g/mol. The average Bonchev–Trinajstić information content (AvgIpc) is 3.06. The number of amides is 1. The van der Waals surface area contributed by atoms with Crippen molar-refractivity contribution in [3.8, 4) is 17.2 Å². The standard InChI is InChI=1S/C18H18ClNO4/c19-14-4-6-15(7-5-14)22-11-18(21)20-9-1-2-13-3-8-16-17(10-13)24-12-23-16/h3-8,10H,1-2,9,11-12H2,(H,20,21). The summed E-state index contributed by atoms with van der Waals surface area (Å²) < 4.78 is 16.0. The maximum Gasteiger partial charge on any atom is 0.257 e. The second-order valence-corrected chi connectivity index (χ2v) is 5.82. The minimum absolute atomic E-state index is 0.00828. The minimum Gasteiger partial charge on any atom is -0.484 e. The molecule has 0 spiro atoms. The van der Waals surface area contributed by atoms with Crippen LogP contribution < -0.4 is 19.5 Å². The summed E-state index contributed by atoms with van der Waals surface area (Å²) in [6.07, 6.45) is 1.70. The van der Waals surface area contributed by atoms with Crippen molar-refractivity contribution in [2.24, 2.45) is 0 Å². The predicted molar refractivity (Wildman–Crippen MR) is 90.8 cm³/mol. The number of nitrogens with one attached hydrogen (secondary N) is 1. The summed E-state index contributed by atoms with van der Waals surface area (Å²) >= 11 is 5.79. The molecular formula is C18H18ClNO4. The Hall–Kier alpha value is -2.40. The second-order valence-electron chi connectivity index (χ2n) is 5.38. The van der Waals surface area contributed by atoms with Crippen LogP contribution in [0, 0.1) is 0 Å². The molecule has 0 radical (unpaired) electrons. The highest BCUT2D eigenvalue weighted by Gasteiger charge is 2.12. The molecule has 126 valence electrons. The van der Waals surface area contributed by atoms with Gasteiger partial charge in [-0.2, -0.15) is 0 Å². The van der Waals surface area contributed by atoms with Crippen molar-refractivity contribution in [1.29, 1.82) is 0 Å². The zero-order chi connectivity index (χ0) is 16.8. The minimum atomic E-state index is -0.143. The molecule has 6 heteroatoms. The summed E-state index contributed by atoms with van der Waals surface area (Å²) in [4.78, 5) is 11.7. The molecule has 1 heterocycles. The van der Waals surface area contributed by atoms with Crippen LogP contribution in [0.1, 0.15) is 12.0 Å². The maximum absolute atomic E-state index is 11.7. The second kappa shape index (κ2) is 7.93. The molecule has 1 aliphatic rings. The van der Waals surface area contributed by atoms with Crippen molar-refractivity contribution < 1.29 is 19.0 Å². The summed E-state index contributed by atoms with van der Waals surface area (Å²) in [5, 5.41) is 3.48. The molecule has 0 unspecified atom stereocenters. The molecule has 2 aromatic carbocycles. The highest BCUT2D eigenvalue weighted by molar-refractivity contribution is 6.30. The van der Waals surface area contributed by atoms with E-state index in [1.54, 1.807) is 24.3 Å². The molecule has 1 amide bonds. The largest absolute Gasteiger partial charge is 0.484 e. The van der Waals surface area contributed by atoms with Crippen LogP contribution in [0.4, 0.5) is 0 Å². The van der Waals surface area contributed by atoms with E-state index in [0.29, 0.717) is 17.3 Å². The van der Waals surface area contributed by atoms with E-state index in [9.17, 15) is 4.79 Å². The van der Waals surface area contributed by atoms with Gasteiger partial charge >= 0.3 is 0 Å². The van der Waals surface area contributed by atoms with Crippen LogP contribution in [0.3, 0.4) is 0 Å². The number of benzene rings is 2. The van der Waals surface area contributed by atoms with Gasteiger partial charge in [-0.05, 0) is 54.8 Å². The van der Waals surface area contributed by atoms with E-state index in [1.807, 2.05) is 18.2 Å². The van der Waals surface area contributed by atoms with E-state index in [1.165, 1.54) is 0 Å². The highest BCUT2D eigenvalue weighted by Crippen LogP contribution is 2.32. The Bertz CT molecular complexity index is 703. The molecule has 0 aliphatic carbocycles. The third-order valence-corrected chi connectivity index (χ3v) is 3.84. The molecule has 24 heavy (non-hydrogen) atoms. The third-order valence-electron chi connectivity index (χ3n) is 3.58. The molecule has 0 atom stereocenters. The molecule has 3 rings (SSSR count). The van der Waals surface area contributed by atoms with Crippen molar-refractivity contribution in [2.75, 3.05) is 19.9 Å². The molecule has 0 bridgehead atoms. The summed E-state index contributed by atoms with van der Waals surface area (Å²) in [5.41, 5.74) is 1.16. The molecular weight excluding hydrogens is 330 g/mol. The molecule has 2 aromatic rings. The first kappa shape index (κ1) is 16.5. The van der Waals surface area contributed by atoms with Gasteiger partial charge in [-0.15, -0.1) is 0 Å². The SMILES string of the molecule is O=C(COc1ccc(Cl)cc1)NCCCc1ccc2c(c1)OCO2. The molecule has 1 N–H and O–H groups in total. The zero-order valence-electron chi connectivity index (χ0n) is 13.1. The van der Waals surface area contributed by atoms with Gasteiger partial charge in [0.2, 0.25) is 6.79 Å². The van der Waals surface area contributed by atoms with Crippen LogP contribution in [-0.4, -0.2) is 25.9 Å². The number of carbonyl (C=O) groups is 1. The van der Waals surface area contributed by atoms with Crippen LogP contribution in [0.25, 0.3) is 0 Å². The number of hydrogen-bond acceptors (Lipinski definition) is 4. The highest BCUT2D eigenvalue weighted by atomic mass is 35.5. The van der Waals surface area contributed by atoms with Crippen LogP contribution in [0.2, 0.25) is 5.02 Å². The fourth-order valence-electron chi connectivity index (χ4n) is 2.35. The van der Waals surface area contributed by atoms with Crippen molar-refractivity contribution in [3.05, 3.63) is 53.1 Å². The van der Waals surface area contributed by atoms with Gasteiger partial charge in [0.25, 0.3) is 5.91 Å². The van der Waals surface area contributed by atoms with Crippen LogP contribution in [0.15, 0.2) is 42.5 Å². The molecule has 0 saturated carbocycles. The van der Waals surface area contributed by atoms with E-state index >= 15 is 0 Å².